The summed E-state index contributed by atoms with van der Waals surface area (Å²) in [5.41, 5.74) is -4.02. The third kappa shape index (κ3) is 3.66. The number of carbonyl (C=O) groups excluding carboxylic acids is 1. The van der Waals surface area contributed by atoms with Gasteiger partial charge in [-0.25, -0.2) is 4.79 Å². The molecule has 5 N–H and O–H groups in total. The highest BCUT2D eigenvalue weighted by molar-refractivity contribution is 5.95. The van der Waals surface area contributed by atoms with Gasteiger partial charge in [0.1, 0.15) is 5.60 Å². The molecule has 5 unspecified atom stereocenters. The van der Waals surface area contributed by atoms with Crippen molar-refractivity contribution in [2.24, 2.45) is 11.8 Å². The Bertz CT molecular complexity index is 546. The Balaban J connectivity index is 2.21. The van der Waals surface area contributed by atoms with Gasteiger partial charge in [0.15, 0.2) is 5.54 Å². The third-order valence-electron chi connectivity index (χ3n) is 5.99. The van der Waals surface area contributed by atoms with E-state index in [-0.39, 0.29) is 6.61 Å². The Morgan fingerprint density at radius 2 is 2.04 bits per heavy atom. The number of carbonyl (C=O) groups is 2. The van der Waals surface area contributed by atoms with Gasteiger partial charge in [0, 0.05) is 12.5 Å². The zero-order valence-electron chi connectivity index (χ0n) is 15.4. The second-order valence-electron chi connectivity index (χ2n) is 7.70. The first kappa shape index (κ1) is 20.9. The fourth-order valence-corrected chi connectivity index (χ4v) is 4.36. The van der Waals surface area contributed by atoms with E-state index in [4.69, 9.17) is 5.11 Å². The summed E-state index contributed by atoms with van der Waals surface area (Å²) in [5.74, 6) is -3.26. The molecular formula is C19H31NO6. The van der Waals surface area contributed by atoms with E-state index in [0.717, 1.165) is 25.7 Å². The number of hydrogen-bond donors (Lipinski definition) is 5. The Hall–Kier alpha value is -1.44. The van der Waals surface area contributed by atoms with Crippen LogP contribution in [0.2, 0.25) is 0 Å². The number of amides is 1. The highest BCUT2D eigenvalue weighted by Crippen LogP contribution is 2.44. The number of aliphatic hydroxyl groups excluding tert-OH is 2. The van der Waals surface area contributed by atoms with Crippen LogP contribution in [0.5, 0.6) is 0 Å². The average molecular weight is 369 g/mol. The van der Waals surface area contributed by atoms with Crippen molar-refractivity contribution in [3.8, 4) is 0 Å². The molecule has 1 heterocycles. The van der Waals surface area contributed by atoms with Gasteiger partial charge in [0.2, 0.25) is 5.91 Å². The number of aliphatic carboxylic acids is 1. The lowest BCUT2D eigenvalue weighted by Crippen LogP contribution is -2.70. The van der Waals surface area contributed by atoms with E-state index in [9.17, 15) is 24.9 Å². The van der Waals surface area contributed by atoms with Gasteiger partial charge in [0.05, 0.1) is 12.0 Å². The van der Waals surface area contributed by atoms with Crippen molar-refractivity contribution in [3.05, 3.63) is 12.2 Å². The van der Waals surface area contributed by atoms with E-state index in [1.165, 1.54) is 6.92 Å². The van der Waals surface area contributed by atoms with Crippen LogP contribution in [0.25, 0.3) is 0 Å². The monoisotopic (exact) mass is 369 g/mol. The zero-order valence-corrected chi connectivity index (χ0v) is 15.4. The molecule has 2 rings (SSSR count). The van der Waals surface area contributed by atoms with Crippen LogP contribution in [0.4, 0.5) is 0 Å². The summed E-state index contributed by atoms with van der Waals surface area (Å²) in [5, 5.41) is 43.1. The Morgan fingerprint density at radius 3 is 2.62 bits per heavy atom. The van der Waals surface area contributed by atoms with Crippen molar-refractivity contribution in [2.75, 3.05) is 6.61 Å². The van der Waals surface area contributed by atoms with Gasteiger partial charge in [0.25, 0.3) is 0 Å². The van der Waals surface area contributed by atoms with Crippen molar-refractivity contribution < 1.29 is 30.0 Å². The van der Waals surface area contributed by atoms with Crippen LogP contribution in [0.3, 0.4) is 0 Å². The van der Waals surface area contributed by atoms with Gasteiger partial charge < -0.3 is 25.7 Å². The molecule has 0 radical (unpaired) electrons. The predicted octanol–water partition coefficient (Wildman–Crippen LogP) is 0.967. The van der Waals surface area contributed by atoms with E-state index in [0.29, 0.717) is 25.7 Å². The Morgan fingerprint density at radius 1 is 1.35 bits per heavy atom. The first-order valence-electron chi connectivity index (χ1n) is 9.52. The maximum Gasteiger partial charge on any atom is 0.335 e. The molecule has 0 aromatic rings. The highest BCUT2D eigenvalue weighted by Gasteiger charge is 2.69. The number of rotatable bonds is 9. The number of allylic oxidation sites excluding steroid dienone is 1. The maximum atomic E-state index is 12.5. The van der Waals surface area contributed by atoms with Gasteiger partial charge in [-0.15, -0.1) is 0 Å². The minimum atomic E-state index is -2.12. The standard InChI is InChI=1S/C19H31NO6/c1-18(26)14(11-7-2-3-8-12-21)16(23)20-19(18,17(24)25)15(22)13-9-5-4-6-10-13/h5,9,13-15,21-22,26H,2-4,6-8,10-12H2,1H3,(H,20,23)(H,24,25). The molecule has 0 spiro atoms. The van der Waals surface area contributed by atoms with E-state index in [1.807, 2.05) is 6.08 Å². The van der Waals surface area contributed by atoms with E-state index >= 15 is 0 Å². The summed E-state index contributed by atoms with van der Waals surface area (Å²) < 4.78 is 0. The van der Waals surface area contributed by atoms with Crippen LogP contribution >= 0.6 is 0 Å². The molecule has 1 saturated heterocycles. The van der Waals surface area contributed by atoms with Gasteiger partial charge in [-0.2, -0.15) is 0 Å². The van der Waals surface area contributed by atoms with Crippen LogP contribution in [0.15, 0.2) is 12.2 Å². The summed E-state index contributed by atoms with van der Waals surface area (Å²) in [7, 11) is 0. The van der Waals surface area contributed by atoms with Crippen molar-refractivity contribution in [1.82, 2.24) is 5.32 Å². The predicted molar refractivity (Wildman–Crippen MR) is 95.3 cm³/mol. The molecule has 0 bridgehead atoms. The molecule has 26 heavy (non-hydrogen) atoms. The summed E-state index contributed by atoms with van der Waals surface area (Å²) in [6, 6.07) is 0. The Kier molecular flexibility index (Phi) is 6.82. The van der Waals surface area contributed by atoms with E-state index in [2.05, 4.69) is 5.32 Å². The van der Waals surface area contributed by atoms with Gasteiger partial charge in [-0.05, 0) is 39.0 Å². The molecule has 1 fully saturated rings. The lowest BCUT2D eigenvalue weighted by molar-refractivity contribution is -0.170. The molecule has 148 valence electrons. The quantitative estimate of drug-likeness (QED) is 0.304. The second-order valence-corrected chi connectivity index (χ2v) is 7.70. The number of aliphatic hydroxyl groups is 3. The summed E-state index contributed by atoms with van der Waals surface area (Å²) in [6.07, 6.45) is 7.86. The van der Waals surface area contributed by atoms with Crippen molar-refractivity contribution in [1.29, 1.82) is 0 Å². The summed E-state index contributed by atoms with van der Waals surface area (Å²) in [4.78, 5) is 24.7. The molecule has 1 aliphatic carbocycles. The lowest BCUT2D eigenvalue weighted by atomic mass is 9.68. The molecule has 7 heteroatoms. The molecule has 1 aliphatic heterocycles. The van der Waals surface area contributed by atoms with Gasteiger partial charge in [-0.1, -0.05) is 31.4 Å². The molecule has 2 aliphatic rings. The van der Waals surface area contributed by atoms with Gasteiger partial charge in [-0.3, -0.25) is 4.79 Å². The number of unbranched alkanes of at least 4 members (excludes halogenated alkanes) is 3. The average Bonchev–Trinajstić information content (AvgIpc) is 2.82. The number of carboxylic acid groups (broad SMARTS) is 1. The largest absolute Gasteiger partial charge is 0.479 e. The zero-order chi connectivity index (χ0) is 19.4. The van der Waals surface area contributed by atoms with Crippen LogP contribution < -0.4 is 5.32 Å². The molecule has 5 atom stereocenters. The minimum absolute atomic E-state index is 0.116. The molecule has 1 amide bonds. The van der Waals surface area contributed by atoms with Crippen molar-refractivity contribution in [3.63, 3.8) is 0 Å². The number of nitrogens with one attached hydrogen (secondary N) is 1. The van der Waals surface area contributed by atoms with Crippen molar-refractivity contribution in [2.45, 2.75) is 75.5 Å². The number of hydrogen-bond acceptors (Lipinski definition) is 5. The Labute approximate surface area is 154 Å². The maximum absolute atomic E-state index is 12.5. The fourth-order valence-electron chi connectivity index (χ4n) is 4.36. The first-order valence-corrected chi connectivity index (χ1v) is 9.52. The SMILES string of the molecule is CC1(O)C(CCCCCCO)C(=O)NC1(C(=O)O)C(O)C1C=CCCC1. The summed E-state index contributed by atoms with van der Waals surface area (Å²) in [6.45, 7) is 1.46. The third-order valence-corrected chi connectivity index (χ3v) is 5.99. The molecule has 0 aromatic carbocycles. The topological polar surface area (TPSA) is 127 Å². The minimum Gasteiger partial charge on any atom is -0.479 e. The summed E-state index contributed by atoms with van der Waals surface area (Å²) >= 11 is 0. The second kappa shape index (κ2) is 8.50. The highest BCUT2D eigenvalue weighted by atomic mass is 16.4. The first-order chi connectivity index (χ1) is 12.3. The molecular weight excluding hydrogens is 338 g/mol. The van der Waals surface area contributed by atoms with Crippen LogP contribution in [-0.2, 0) is 9.59 Å². The van der Waals surface area contributed by atoms with Gasteiger partial charge >= 0.3 is 5.97 Å². The van der Waals surface area contributed by atoms with E-state index in [1.54, 1.807) is 6.08 Å². The molecule has 7 nitrogen and oxygen atoms in total. The molecule has 0 saturated carbocycles. The van der Waals surface area contributed by atoms with E-state index < -0.39 is 41.0 Å². The van der Waals surface area contributed by atoms with Crippen LogP contribution in [0, 0.1) is 11.8 Å². The van der Waals surface area contributed by atoms with Crippen LogP contribution in [-0.4, -0.2) is 56.2 Å². The fraction of sp³-hybridized carbons (Fsp3) is 0.789. The number of carboxylic acids is 1. The molecule has 0 aromatic heterocycles. The van der Waals surface area contributed by atoms with Crippen molar-refractivity contribution >= 4 is 11.9 Å². The van der Waals surface area contributed by atoms with Crippen LogP contribution in [0.1, 0.15) is 58.3 Å². The smallest absolute Gasteiger partial charge is 0.335 e. The normalized spacial score (nSPS) is 35.3. The lowest BCUT2D eigenvalue weighted by Gasteiger charge is -2.43.